The monoisotopic (exact) mass is 292 g/mol. The maximum atomic E-state index is 12.1. The Morgan fingerprint density at radius 2 is 2.14 bits per heavy atom. The van der Waals surface area contributed by atoms with Gasteiger partial charge in [0.2, 0.25) is 5.91 Å². The quantitative estimate of drug-likeness (QED) is 0.742. The number of carboxylic acids is 1. The maximum absolute atomic E-state index is 12.1. The van der Waals surface area contributed by atoms with Crippen molar-refractivity contribution >= 4 is 17.6 Å². The molecule has 6 nitrogen and oxygen atoms in total. The molecule has 1 aliphatic rings. The van der Waals surface area contributed by atoms with Crippen molar-refractivity contribution in [3.05, 3.63) is 23.8 Å². The second kappa shape index (κ2) is 6.13. The second-order valence-electron chi connectivity index (χ2n) is 5.50. The first-order chi connectivity index (χ1) is 9.99. The lowest BCUT2D eigenvalue weighted by Gasteiger charge is -2.40. The molecule has 114 valence electrons. The first-order valence-corrected chi connectivity index (χ1v) is 6.91. The molecule has 1 aromatic carbocycles. The maximum Gasteiger partial charge on any atom is 0.337 e. The van der Waals surface area contributed by atoms with E-state index in [9.17, 15) is 14.7 Å². The topological polar surface area (TPSA) is 102 Å². The van der Waals surface area contributed by atoms with Crippen LogP contribution in [0.1, 0.15) is 36.0 Å². The molecule has 4 N–H and O–H groups in total. The van der Waals surface area contributed by atoms with Crippen molar-refractivity contribution in [2.45, 2.75) is 25.7 Å². The number of nitrogens with one attached hydrogen (secondary N) is 1. The number of hydrogen-bond acceptors (Lipinski definition) is 4. The summed E-state index contributed by atoms with van der Waals surface area (Å²) in [5.74, 6) is -0.878. The van der Waals surface area contributed by atoms with Crippen molar-refractivity contribution in [1.82, 2.24) is 0 Å². The number of benzene rings is 1. The highest BCUT2D eigenvalue weighted by molar-refractivity contribution is 6.01. The van der Waals surface area contributed by atoms with Crippen LogP contribution < -0.4 is 15.8 Å². The minimum Gasteiger partial charge on any atom is -0.497 e. The van der Waals surface area contributed by atoms with Gasteiger partial charge in [-0.2, -0.15) is 0 Å². The van der Waals surface area contributed by atoms with Crippen LogP contribution in [0.4, 0.5) is 5.69 Å². The van der Waals surface area contributed by atoms with Gasteiger partial charge < -0.3 is 20.9 Å². The highest BCUT2D eigenvalue weighted by atomic mass is 16.5. The Balaban J connectivity index is 2.11. The third-order valence-electron chi connectivity index (χ3n) is 4.11. The van der Waals surface area contributed by atoms with E-state index in [1.54, 1.807) is 6.07 Å². The van der Waals surface area contributed by atoms with E-state index < -0.39 is 5.97 Å². The number of ether oxygens (including phenoxy) is 1. The molecular weight excluding hydrogens is 272 g/mol. The molecule has 0 saturated heterocycles. The molecule has 0 spiro atoms. The van der Waals surface area contributed by atoms with Crippen molar-refractivity contribution < 1.29 is 19.4 Å². The normalized spacial score (nSPS) is 15.9. The van der Waals surface area contributed by atoms with Crippen LogP contribution in [0.3, 0.4) is 0 Å². The molecule has 0 atom stereocenters. The Labute approximate surface area is 123 Å². The van der Waals surface area contributed by atoms with Gasteiger partial charge in [0.05, 0.1) is 18.4 Å². The number of carbonyl (C=O) groups is 2. The van der Waals surface area contributed by atoms with Gasteiger partial charge in [0.15, 0.2) is 0 Å². The molecule has 1 saturated carbocycles. The zero-order valence-electron chi connectivity index (χ0n) is 12.0. The number of rotatable bonds is 6. The third-order valence-corrected chi connectivity index (χ3v) is 4.11. The molecule has 0 radical (unpaired) electrons. The van der Waals surface area contributed by atoms with Gasteiger partial charge in [-0.3, -0.25) is 4.79 Å². The van der Waals surface area contributed by atoms with E-state index in [2.05, 4.69) is 5.32 Å². The van der Waals surface area contributed by atoms with Crippen molar-refractivity contribution in [2.75, 3.05) is 19.0 Å². The van der Waals surface area contributed by atoms with Gasteiger partial charge in [-0.05, 0) is 43.0 Å². The Bertz CT molecular complexity index is 547. The van der Waals surface area contributed by atoms with E-state index in [0.717, 1.165) is 19.3 Å². The molecule has 0 heterocycles. The van der Waals surface area contributed by atoms with Gasteiger partial charge in [0, 0.05) is 6.42 Å². The molecule has 0 bridgehead atoms. The molecule has 0 aromatic heterocycles. The van der Waals surface area contributed by atoms with Gasteiger partial charge in [-0.25, -0.2) is 4.79 Å². The summed E-state index contributed by atoms with van der Waals surface area (Å²) >= 11 is 0. The van der Waals surface area contributed by atoms with Crippen LogP contribution in [-0.4, -0.2) is 30.6 Å². The van der Waals surface area contributed by atoms with E-state index in [4.69, 9.17) is 10.5 Å². The number of carbonyl (C=O) groups excluding carboxylic acids is 1. The highest BCUT2D eigenvalue weighted by Crippen LogP contribution is 2.43. The van der Waals surface area contributed by atoms with E-state index in [-0.39, 0.29) is 22.6 Å². The van der Waals surface area contributed by atoms with E-state index in [0.29, 0.717) is 18.7 Å². The molecule has 1 aliphatic carbocycles. The fourth-order valence-corrected chi connectivity index (χ4v) is 2.60. The molecule has 1 aromatic rings. The number of nitrogens with two attached hydrogens (primary N) is 1. The minimum atomic E-state index is -1.11. The lowest BCUT2D eigenvalue weighted by Crippen LogP contribution is -2.40. The Morgan fingerprint density at radius 1 is 1.43 bits per heavy atom. The van der Waals surface area contributed by atoms with Crippen LogP contribution in [0, 0.1) is 5.41 Å². The summed E-state index contributed by atoms with van der Waals surface area (Å²) < 4.78 is 5.00. The lowest BCUT2D eigenvalue weighted by molar-refractivity contribution is -0.119. The van der Waals surface area contributed by atoms with E-state index >= 15 is 0 Å². The summed E-state index contributed by atoms with van der Waals surface area (Å²) in [7, 11) is 1.46. The average molecular weight is 292 g/mol. The largest absolute Gasteiger partial charge is 0.497 e. The SMILES string of the molecule is COc1ccc(NC(=O)CC2(CN)CCC2)c(C(=O)O)c1. The van der Waals surface area contributed by atoms with Crippen LogP contribution >= 0.6 is 0 Å². The summed E-state index contributed by atoms with van der Waals surface area (Å²) in [6.45, 7) is 0.481. The van der Waals surface area contributed by atoms with Crippen LogP contribution in [0.15, 0.2) is 18.2 Å². The van der Waals surface area contributed by atoms with Crippen molar-refractivity contribution in [3.8, 4) is 5.75 Å². The number of methoxy groups -OCH3 is 1. The Hall–Kier alpha value is -2.08. The third kappa shape index (κ3) is 3.33. The lowest BCUT2D eigenvalue weighted by atomic mass is 9.66. The molecule has 21 heavy (non-hydrogen) atoms. The highest BCUT2D eigenvalue weighted by Gasteiger charge is 2.37. The first-order valence-electron chi connectivity index (χ1n) is 6.91. The predicted octanol–water partition coefficient (Wildman–Crippen LogP) is 1.85. The fourth-order valence-electron chi connectivity index (χ4n) is 2.60. The molecular formula is C15H20N2O4. The Kier molecular flexibility index (Phi) is 4.47. The predicted molar refractivity (Wildman–Crippen MR) is 78.5 cm³/mol. The summed E-state index contributed by atoms with van der Waals surface area (Å²) in [6, 6.07) is 4.54. The zero-order chi connectivity index (χ0) is 15.5. The van der Waals surface area contributed by atoms with Crippen LogP contribution in [0.5, 0.6) is 5.75 Å². The number of amides is 1. The molecule has 2 rings (SSSR count). The number of aromatic carboxylic acids is 1. The van der Waals surface area contributed by atoms with Crippen molar-refractivity contribution in [3.63, 3.8) is 0 Å². The first kappa shape index (κ1) is 15.3. The van der Waals surface area contributed by atoms with Crippen LogP contribution in [0.2, 0.25) is 0 Å². The second-order valence-corrected chi connectivity index (χ2v) is 5.50. The summed E-state index contributed by atoms with van der Waals surface area (Å²) in [5, 5.41) is 11.9. The standard InChI is InChI=1S/C15H20N2O4/c1-21-10-3-4-12(11(7-10)14(19)20)17-13(18)8-15(9-16)5-2-6-15/h3-4,7H,2,5-6,8-9,16H2,1H3,(H,17,18)(H,19,20). The van der Waals surface area contributed by atoms with Gasteiger partial charge in [0.1, 0.15) is 5.75 Å². The van der Waals surface area contributed by atoms with Crippen molar-refractivity contribution in [2.24, 2.45) is 11.1 Å². The van der Waals surface area contributed by atoms with E-state index in [1.807, 2.05) is 0 Å². The van der Waals surface area contributed by atoms with Crippen LogP contribution in [0.25, 0.3) is 0 Å². The number of carboxylic acid groups (broad SMARTS) is 1. The molecule has 1 amide bonds. The Morgan fingerprint density at radius 3 is 2.62 bits per heavy atom. The minimum absolute atomic E-state index is 0.0121. The van der Waals surface area contributed by atoms with Crippen molar-refractivity contribution in [1.29, 1.82) is 0 Å². The molecule has 0 aliphatic heterocycles. The number of hydrogen-bond donors (Lipinski definition) is 3. The van der Waals surface area contributed by atoms with Gasteiger partial charge in [-0.1, -0.05) is 6.42 Å². The average Bonchev–Trinajstić information content (AvgIpc) is 2.43. The summed E-state index contributed by atoms with van der Waals surface area (Å²) in [5.41, 5.74) is 5.91. The summed E-state index contributed by atoms with van der Waals surface area (Å²) in [6.07, 6.45) is 3.32. The van der Waals surface area contributed by atoms with Gasteiger partial charge in [0.25, 0.3) is 0 Å². The fraction of sp³-hybridized carbons (Fsp3) is 0.467. The van der Waals surface area contributed by atoms with Gasteiger partial charge >= 0.3 is 5.97 Å². The van der Waals surface area contributed by atoms with Crippen LogP contribution in [-0.2, 0) is 4.79 Å². The molecule has 0 unspecified atom stereocenters. The van der Waals surface area contributed by atoms with E-state index in [1.165, 1.54) is 19.2 Å². The number of anilines is 1. The zero-order valence-corrected chi connectivity index (χ0v) is 12.0. The molecule has 6 heteroatoms. The smallest absolute Gasteiger partial charge is 0.337 e. The summed E-state index contributed by atoms with van der Waals surface area (Å²) in [4.78, 5) is 23.4. The van der Waals surface area contributed by atoms with Gasteiger partial charge in [-0.15, -0.1) is 0 Å². The molecule has 1 fully saturated rings.